The highest BCUT2D eigenvalue weighted by Crippen LogP contribution is 2.42. The average Bonchev–Trinajstić information content (AvgIpc) is 2.99. The molecule has 1 atom stereocenters. The highest BCUT2D eigenvalue weighted by atomic mass is 35.5. The van der Waals surface area contributed by atoms with E-state index in [1.807, 2.05) is 12.1 Å². The SMILES string of the molecule is O=C(Nc1cccc(F)c1)N1CCS[C@@H]1c1cccc(Cl)c1Cl. The summed E-state index contributed by atoms with van der Waals surface area (Å²) in [7, 11) is 0. The second-order valence-corrected chi connectivity index (χ2v) is 6.97. The summed E-state index contributed by atoms with van der Waals surface area (Å²) >= 11 is 14.0. The Morgan fingerprint density at radius 3 is 2.83 bits per heavy atom. The number of hydrogen-bond donors (Lipinski definition) is 1. The Morgan fingerprint density at radius 1 is 1.26 bits per heavy atom. The molecule has 1 aliphatic rings. The zero-order chi connectivity index (χ0) is 16.4. The van der Waals surface area contributed by atoms with Crippen LogP contribution in [0, 0.1) is 5.82 Å². The number of benzene rings is 2. The summed E-state index contributed by atoms with van der Waals surface area (Å²) in [5, 5.41) is 3.42. The molecule has 1 heterocycles. The van der Waals surface area contributed by atoms with Gasteiger partial charge in [0.1, 0.15) is 11.2 Å². The van der Waals surface area contributed by atoms with Gasteiger partial charge in [-0.15, -0.1) is 11.8 Å². The Morgan fingerprint density at radius 2 is 2.04 bits per heavy atom. The van der Waals surface area contributed by atoms with E-state index in [0.717, 1.165) is 11.3 Å². The van der Waals surface area contributed by atoms with E-state index in [1.54, 1.807) is 34.9 Å². The van der Waals surface area contributed by atoms with Gasteiger partial charge >= 0.3 is 6.03 Å². The van der Waals surface area contributed by atoms with Gasteiger partial charge in [-0.05, 0) is 24.3 Å². The van der Waals surface area contributed by atoms with E-state index in [1.165, 1.54) is 12.1 Å². The lowest BCUT2D eigenvalue weighted by Crippen LogP contribution is -2.34. The standard InChI is InChI=1S/C16H13Cl2FN2OS/c17-13-6-2-5-12(14(13)18)15-21(7-8-23-15)16(22)20-11-4-1-3-10(19)9-11/h1-6,9,15H,7-8H2,(H,20,22)/t15-/m1/s1. The number of anilines is 1. The highest BCUT2D eigenvalue weighted by molar-refractivity contribution is 7.99. The third-order valence-electron chi connectivity index (χ3n) is 3.48. The van der Waals surface area contributed by atoms with Crippen LogP contribution >= 0.6 is 35.0 Å². The lowest BCUT2D eigenvalue weighted by Gasteiger charge is -2.25. The maximum atomic E-state index is 13.2. The van der Waals surface area contributed by atoms with Crippen LogP contribution in [-0.2, 0) is 0 Å². The van der Waals surface area contributed by atoms with Crippen molar-refractivity contribution in [1.29, 1.82) is 0 Å². The smallest absolute Gasteiger partial charge is 0.308 e. The van der Waals surface area contributed by atoms with Crippen molar-refractivity contribution in [2.24, 2.45) is 0 Å². The Kier molecular flexibility index (Phi) is 4.99. The Hall–Kier alpha value is -1.43. The Labute approximate surface area is 147 Å². The van der Waals surface area contributed by atoms with Crippen LogP contribution in [0.25, 0.3) is 0 Å². The van der Waals surface area contributed by atoms with Crippen molar-refractivity contribution in [3.63, 3.8) is 0 Å². The molecule has 120 valence electrons. The van der Waals surface area contributed by atoms with Gasteiger partial charge in [0.15, 0.2) is 0 Å². The lowest BCUT2D eigenvalue weighted by atomic mass is 10.2. The number of thioether (sulfide) groups is 1. The maximum Gasteiger partial charge on any atom is 0.323 e. The fraction of sp³-hybridized carbons (Fsp3) is 0.188. The molecule has 0 spiro atoms. The molecule has 2 aromatic rings. The van der Waals surface area contributed by atoms with E-state index < -0.39 is 5.82 Å². The molecule has 1 saturated heterocycles. The molecular weight excluding hydrogens is 358 g/mol. The van der Waals surface area contributed by atoms with Gasteiger partial charge in [0.05, 0.1) is 10.0 Å². The van der Waals surface area contributed by atoms with E-state index in [2.05, 4.69) is 5.32 Å². The number of nitrogens with zero attached hydrogens (tertiary/aromatic N) is 1. The number of carbonyl (C=O) groups excluding carboxylic acids is 1. The summed E-state index contributed by atoms with van der Waals surface area (Å²) in [6, 6.07) is 10.9. The quantitative estimate of drug-likeness (QED) is 0.765. The minimum atomic E-state index is -0.395. The third-order valence-corrected chi connectivity index (χ3v) is 5.55. The predicted octanol–water partition coefficient (Wildman–Crippen LogP) is 5.41. The second-order valence-electron chi connectivity index (χ2n) is 5.00. The number of amides is 2. The third kappa shape index (κ3) is 3.57. The van der Waals surface area contributed by atoms with Crippen LogP contribution in [0.4, 0.5) is 14.9 Å². The fourth-order valence-electron chi connectivity index (χ4n) is 2.41. The van der Waals surface area contributed by atoms with Crippen LogP contribution in [0.2, 0.25) is 10.0 Å². The summed E-state index contributed by atoms with van der Waals surface area (Å²) < 4.78 is 13.2. The zero-order valence-electron chi connectivity index (χ0n) is 11.9. The van der Waals surface area contributed by atoms with Crippen molar-refractivity contribution in [3.05, 3.63) is 63.9 Å². The molecular formula is C16H13Cl2FN2OS. The molecule has 0 saturated carbocycles. The van der Waals surface area contributed by atoms with Crippen LogP contribution in [0.5, 0.6) is 0 Å². The van der Waals surface area contributed by atoms with Crippen LogP contribution < -0.4 is 5.32 Å². The minimum Gasteiger partial charge on any atom is -0.308 e. The first-order chi connectivity index (χ1) is 11.1. The fourth-order valence-corrected chi connectivity index (χ4v) is 4.17. The summed E-state index contributed by atoms with van der Waals surface area (Å²) in [6.07, 6.45) is 0. The van der Waals surface area contributed by atoms with E-state index in [-0.39, 0.29) is 11.4 Å². The number of urea groups is 1. The number of nitrogens with one attached hydrogen (secondary N) is 1. The van der Waals surface area contributed by atoms with Gasteiger partial charge in [-0.25, -0.2) is 9.18 Å². The highest BCUT2D eigenvalue weighted by Gasteiger charge is 2.32. The first kappa shape index (κ1) is 16.4. The van der Waals surface area contributed by atoms with Crippen LogP contribution in [0.3, 0.4) is 0 Å². The zero-order valence-corrected chi connectivity index (χ0v) is 14.3. The lowest BCUT2D eigenvalue weighted by molar-refractivity contribution is 0.214. The van der Waals surface area contributed by atoms with Gasteiger partial charge in [-0.3, -0.25) is 0 Å². The Bertz CT molecular complexity index is 744. The number of hydrogen-bond acceptors (Lipinski definition) is 2. The monoisotopic (exact) mass is 370 g/mol. The second kappa shape index (κ2) is 6.99. The molecule has 3 nitrogen and oxygen atoms in total. The molecule has 1 fully saturated rings. The van der Waals surface area contributed by atoms with Crippen molar-refractivity contribution in [3.8, 4) is 0 Å². The summed E-state index contributed by atoms with van der Waals surface area (Å²) in [5.74, 6) is 0.400. The molecule has 0 radical (unpaired) electrons. The van der Waals surface area contributed by atoms with Crippen molar-refractivity contribution >= 4 is 46.7 Å². The van der Waals surface area contributed by atoms with E-state index >= 15 is 0 Å². The molecule has 0 unspecified atom stereocenters. The molecule has 23 heavy (non-hydrogen) atoms. The van der Waals surface area contributed by atoms with Crippen LogP contribution in [0.1, 0.15) is 10.9 Å². The van der Waals surface area contributed by atoms with Crippen LogP contribution in [0.15, 0.2) is 42.5 Å². The average molecular weight is 371 g/mol. The molecule has 1 aliphatic heterocycles. The summed E-state index contributed by atoms with van der Waals surface area (Å²) in [4.78, 5) is 14.2. The summed E-state index contributed by atoms with van der Waals surface area (Å²) in [5.41, 5.74) is 1.22. The van der Waals surface area contributed by atoms with Crippen molar-refractivity contribution < 1.29 is 9.18 Å². The molecule has 2 amide bonds. The van der Waals surface area contributed by atoms with Crippen molar-refractivity contribution in [1.82, 2.24) is 4.90 Å². The van der Waals surface area contributed by atoms with Gasteiger partial charge in [0.2, 0.25) is 0 Å². The van der Waals surface area contributed by atoms with Crippen molar-refractivity contribution in [2.45, 2.75) is 5.37 Å². The predicted molar refractivity (Wildman–Crippen MR) is 93.8 cm³/mol. The van der Waals surface area contributed by atoms with Gasteiger partial charge in [-0.1, -0.05) is 41.4 Å². The molecule has 0 aromatic heterocycles. The molecule has 0 bridgehead atoms. The first-order valence-corrected chi connectivity index (χ1v) is 8.75. The van der Waals surface area contributed by atoms with Crippen molar-refractivity contribution in [2.75, 3.05) is 17.6 Å². The van der Waals surface area contributed by atoms with Gasteiger partial charge in [0.25, 0.3) is 0 Å². The first-order valence-electron chi connectivity index (χ1n) is 6.95. The van der Waals surface area contributed by atoms with E-state index in [9.17, 15) is 9.18 Å². The van der Waals surface area contributed by atoms with Gasteiger partial charge < -0.3 is 10.2 Å². The number of carbonyl (C=O) groups is 1. The molecule has 7 heteroatoms. The molecule has 2 aromatic carbocycles. The topological polar surface area (TPSA) is 32.3 Å². The molecule has 1 N–H and O–H groups in total. The van der Waals surface area contributed by atoms with E-state index in [4.69, 9.17) is 23.2 Å². The number of rotatable bonds is 2. The molecule has 3 rings (SSSR count). The minimum absolute atomic E-state index is 0.213. The Balaban J connectivity index is 1.81. The molecule has 0 aliphatic carbocycles. The van der Waals surface area contributed by atoms with Crippen LogP contribution in [-0.4, -0.2) is 23.2 Å². The summed E-state index contributed by atoms with van der Waals surface area (Å²) in [6.45, 7) is 0.583. The van der Waals surface area contributed by atoms with Gasteiger partial charge in [0, 0.05) is 23.5 Å². The van der Waals surface area contributed by atoms with E-state index in [0.29, 0.717) is 22.3 Å². The largest absolute Gasteiger partial charge is 0.323 e. The maximum absolute atomic E-state index is 13.2. The normalized spacial score (nSPS) is 17.3. The number of halogens is 3. The van der Waals surface area contributed by atoms with Gasteiger partial charge in [-0.2, -0.15) is 0 Å².